The maximum absolute atomic E-state index is 9.83. The molecule has 0 aliphatic rings. The summed E-state index contributed by atoms with van der Waals surface area (Å²) in [6.45, 7) is 1.51. The topological polar surface area (TPSA) is 159 Å². The second kappa shape index (κ2) is 9.18. The van der Waals surface area contributed by atoms with E-state index in [0.717, 1.165) is 0 Å². The third-order valence-corrected chi connectivity index (χ3v) is 3.35. The number of aromatic nitrogens is 2. The lowest BCUT2D eigenvalue weighted by atomic mass is 10.1. The summed E-state index contributed by atoms with van der Waals surface area (Å²) in [5, 5.41) is 59.1. The van der Waals surface area contributed by atoms with Crippen molar-refractivity contribution in [1.29, 1.82) is 0 Å². The molecule has 1 aromatic rings. The Morgan fingerprint density at radius 1 is 1.17 bits per heavy atom. The summed E-state index contributed by atoms with van der Waals surface area (Å²) in [7, 11) is 0. The SMILES string of the molecule is CCNC(O)(O)CCCc1cnc(C(O)C(O)C(O)CO)cn1. The Bertz CT molecular complexity index is 456. The molecule has 1 heterocycles. The summed E-state index contributed by atoms with van der Waals surface area (Å²) >= 11 is 0. The van der Waals surface area contributed by atoms with Gasteiger partial charge in [0.05, 0.1) is 24.2 Å². The van der Waals surface area contributed by atoms with Gasteiger partial charge in [-0.05, 0) is 19.4 Å². The molecule has 23 heavy (non-hydrogen) atoms. The minimum absolute atomic E-state index is 0.0695. The highest BCUT2D eigenvalue weighted by Crippen LogP contribution is 2.17. The molecule has 3 atom stereocenters. The quantitative estimate of drug-likeness (QED) is 0.236. The van der Waals surface area contributed by atoms with Crippen LogP contribution in [0, 0.1) is 0 Å². The van der Waals surface area contributed by atoms with Crippen molar-refractivity contribution in [2.45, 2.75) is 50.4 Å². The van der Waals surface area contributed by atoms with Gasteiger partial charge in [0, 0.05) is 12.6 Å². The number of aliphatic hydroxyl groups excluding tert-OH is 4. The van der Waals surface area contributed by atoms with Gasteiger partial charge in [0.15, 0.2) is 0 Å². The van der Waals surface area contributed by atoms with Gasteiger partial charge in [-0.1, -0.05) is 6.92 Å². The van der Waals surface area contributed by atoms with E-state index in [2.05, 4.69) is 15.3 Å². The molecular weight excluding hydrogens is 306 g/mol. The summed E-state index contributed by atoms with van der Waals surface area (Å²) in [6, 6.07) is 0. The molecule has 0 radical (unpaired) electrons. The van der Waals surface area contributed by atoms with Gasteiger partial charge in [0.1, 0.15) is 18.3 Å². The summed E-state index contributed by atoms with van der Waals surface area (Å²) < 4.78 is 0. The second-order valence-corrected chi connectivity index (χ2v) is 5.32. The molecule has 0 aromatic carbocycles. The first kappa shape index (κ1) is 19.8. The summed E-state index contributed by atoms with van der Waals surface area (Å²) in [5.41, 5.74) is 0.658. The van der Waals surface area contributed by atoms with E-state index in [4.69, 9.17) is 5.11 Å². The maximum atomic E-state index is 9.83. The van der Waals surface area contributed by atoms with Crippen molar-refractivity contribution in [3.63, 3.8) is 0 Å². The summed E-state index contributed by atoms with van der Waals surface area (Å²) in [5.74, 6) is -1.91. The third-order valence-electron chi connectivity index (χ3n) is 3.35. The zero-order chi connectivity index (χ0) is 17.5. The van der Waals surface area contributed by atoms with Crippen LogP contribution in [0.5, 0.6) is 0 Å². The highest BCUT2D eigenvalue weighted by molar-refractivity contribution is 5.07. The average Bonchev–Trinajstić information content (AvgIpc) is 2.53. The first-order valence-corrected chi connectivity index (χ1v) is 7.46. The number of aryl methyl sites for hydroxylation is 1. The molecule has 0 saturated heterocycles. The van der Waals surface area contributed by atoms with Crippen LogP contribution in [-0.4, -0.2) is 71.9 Å². The van der Waals surface area contributed by atoms with Crippen molar-refractivity contribution in [3.8, 4) is 0 Å². The van der Waals surface area contributed by atoms with E-state index in [1.165, 1.54) is 12.4 Å². The van der Waals surface area contributed by atoms with Gasteiger partial charge in [0.25, 0.3) is 0 Å². The Kier molecular flexibility index (Phi) is 7.92. The van der Waals surface area contributed by atoms with Crippen molar-refractivity contribution in [2.75, 3.05) is 13.2 Å². The van der Waals surface area contributed by atoms with Crippen molar-refractivity contribution in [2.24, 2.45) is 0 Å². The number of rotatable bonds is 10. The fraction of sp³-hybridized carbons (Fsp3) is 0.714. The molecule has 1 aromatic heterocycles. The molecule has 0 amide bonds. The van der Waals surface area contributed by atoms with E-state index in [1.54, 1.807) is 6.92 Å². The number of nitrogens with one attached hydrogen (secondary N) is 1. The van der Waals surface area contributed by atoms with Crippen molar-refractivity contribution in [1.82, 2.24) is 15.3 Å². The molecule has 7 N–H and O–H groups in total. The van der Waals surface area contributed by atoms with Crippen LogP contribution in [0.4, 0.5) is 0 Å². The molecule has 0 aliphatic heterocycles. The monoisotopic (exact) mass is 331 g/mol. The summed E-state index contributed by atoms with van der Waals surface area (Å²) in [6.07, 6.45) is -0.793. The smallest absolute Gasteiger partial charge is 0.222 e. The molecule has 0 saturated carbocycles. The Labute approximate surface area is 134 Å². The molecule has 9 nitrogen and oxygen atoms in total. The average molecular weight is 331 g/mol. The third kappa shape index (κ3) is 6.43. The fourth-order valence-electron chi connectivity index (χ4n) is 2.03. The number of hydrogen-bond acceptors (Lipinski definition) is 9. The number of nitrogens with zero attached hydrogens (tertiary/aromatic N) is 2. The molecule has 3 unspecified atom stereocenters. The maximum Gasteiger partial charge on any atom is 0.222 e. The van der Waals surface area contributed by atoms with E-state index in [0.29, 0.717) is 25.1 Å². The van der Waals surface area contributed by atoms with Gasteiger partial charge >= 0.3 is 0 Å². The van der Waals surface area contributed by atoms with E-state index in [9.17, 15) is 25.5 Å². The molecule has 0 bridgehead atoms. The van der Waals surface area contributed by atoms with Crippen molar-refractivity contribution >= 4 is 0 Å². The van der Waals surface area contributed by atoms with Gasteiger partial charge in [0.2, 0.25) is 5.91 Å². The molecule has 0 spiro atoms. The first-order chi connectivity index (χ1) is 10.8. The first-order valence-electron chi connectivity index (χ1n) is 7.46. The predicted molar refractivity (Wildman–Crippen MR) is 79.9 cm³/mol. The van der Waals surface area contributed by atoms with Crippen molar-refractivity contribution < 1.29 is 30.6 Å². The Morgan fingerprint density at radius 3 is 2.39 bits per heavy atom. The normalized spacial score (nSPS) is 16.1. The van der Waals surface area contributed by atoms with Crippen LogP contribution in [0.1, 0.15) is 37.3 Å². The van der Waals surface area contributed by atoms with E-state index in [1.807, 2.05) is 0 Å². The van der Waals surface area contributed by atoms with Crippen molar-refractivity contribution in [3.05, 3.63) is 23.8 Å². The molecular formula is C14H25N3O6. The predicted octanol–water partition coefficient (Wildman–Crippen LogP) is -2.21. The minimum atomic E-state index is -1.91. The minimum Gasteiger partial charge on any atom is -0.394 e. The van der Waals surface area contributed by atoms with Crippen LogP contribution in [0.25, 0.3) is 0 Å². The van der Waals surface area contributed by atoms with Crippen LogP contribution in [0.15, 0.2) is 12.4 Å². The Hall–Kier alpha value is -1.20. The lowest BCUT2D eigenvalue weighted by molar-refractivity contribution is -0.189. The van der Waals surface area contributed by atoms with E-state index in [-0.39, 0.29) is 12.1 Å². The van der Waals surface area contributed by atoms with Gasteiger partial charge in [-0.25, -0.2) is 0 Å². The van der Waals surface area contributed by atoms with Gasteiger partial charge in [-0.3, -0.25) is 15.3 Å². The molecule has 1 rings (SSSR count). The van der Waals surface area contributed by atoms with Crippen LogP contribution in [-0.2, 0) is 6.42 Å². The van der Waals surface area contributed by atoms with Crippen LogP contribution < -0.4 is 5.32 Å². The Balaban J connectivity index is 2.53. The zero-order valence-corrected chi connectivity index (χ0v) is 13.0. The highest BCUT2D eigenvalue weighted by atomic mass is 16.5. The molecule has 132 valence electrons. The van der Waals surface area contributed by atoms with E-state index >= 15 is 0 Å². The summed E-state index contributed by atoms with van der Waals surface area (Å²) in [4.78, 5) is 8.03. The largest absolute Gasteiger partial charge is 0.394 e. The van der Waals surface area contributed by atoms with Gasteiger partial charge in [-0.2, -0.15) is 0 Å². The fourth-order valence-corrected chi connectivity index (χ4v) is 2.03. The zero-order valence-electron chi connectivity index (χ0n) is 13.0. The Morgan fingerprint density at radius 2 is 1.87 bits per heavy atom. The van der Waals surface area contributed by atoms with Crippen LogP contribution in [0.3, 0.4) is 0 Å². The van der Waals surface area contributed by atoms with Crippen LogP contribution >= 0.6 is 0 Å². The highest BCUT2D eigenvalue weighted by Gasteiger charge is 2.26. The lowest BCUT2D eigenvalue weighted by Gasteiger charge is -2.22. The second-order valence-electron chi connectivity index (χ2n) is 5.32. The van der Waals surface area contributed by atoms with Gasteiger partial charge < -0.3 is 30.6 Å². The molecule has 9 heteroatoms. The standard InChI is InChI=1S/C14H25N3O6/c1-2-17-14(22,23)5-3-4-9-6-16-10(7-15-9)12(20)13(21)11(19)8-18/h6-7,11-13,17-23H,2-5,8H2,1H3. The van der Waals surface area contributed by atoms with Crippen LogP contribution in [0.2, 0.25) is 0 Å². The van der Waals surface area contributed by atoms with E-state index < -0.39 is 30.8 Å². The number of hydrogen-bond donors (Lipinski definition) is 7. The number of aliphatic hydroxyl groups is 6. The van der Waals surface area contributed by atoms with Gasteiger partial charge in [-0.15, -0.1) is 0 Å². The molecule has 0 aliphatic carbocycles. The molecule has 0 fully saturated rings. The lowest BCUT2D eigenvalue weighted by Crippen LogP contribution is -2.44.